The zero-order valence-electron chi connectivity index (χ0n) is 11.3. The van der Waals surface area contributed by atoms with Gasteiger partial charge in [-0.15, -0.1) is 0 Å². The molecule has 1 unspecified atom stereocenters. The van der Waals surface area contributed by atoms with Crippen molar-refractivity contribution in [2.75, 3.05) is 19.8 Å². The lowest BCUT2D eigenvalue weighted by Crippen LogP contribution is -2.36. The molecule has 0 aliphatic carbocycles. The maximum absolute atomic E-state index is 5.54. The Kier molecular flexibility index (Phi) is 6.90. The van der Waals surface area contributed by atoms with E-state index in [0.29, 0.717) is 6.04 Å². The molecule has 0 heterocycles. The third-order valence-corrected chi connectivity index (χ3v) is 2.93. The van der Waals surface area contributed by atoms with Crippen molar-refractivity contribution in [1.29, 1.82) is 0 Å². The van der Waals surface area contributed by atoms with Gasteiger partial charge >= 0.3 is 0 Å². The molecule has 17 heavy (non-hydrogen) atoms. The quantitative estimate of drug-likeness (QED) is 0.748. The molecule has 0 amide bonds. The lowest BCUT2D eigenvalue weighted by atomic mass is 10.0. The van der Waals surface area contributed by atoms with Crippen molar-refractivity contribution in [2.45, 2.75) is 39.7 Å². The zero-order chi connectivity index (χ0) is 12.5. The van der Waals surface area contributed by atoms with Gasteiger partial charge in [-0.25, -0.2) is 0 Å². The molecule has 1 aromatic carbocycles. The van der Waals surface area contributed by atoms with Crippen LogP contribution < -0.4 is 5.32 Å². The van der Waals surface area contributed by atoms with Gasteiger partial charge in [0.1, 0.15) is 0 Å². The smallest absolute Gasteiger partial charge is 0.0622 e. The van der Waals surface area contributed by atoms with Crippen LogP contribution in [-0.4, -0.2) is 25.8 Å². The van der Waals surface area contributed by atoms with Crippen LogP contribution in [0.1, 0.15) is 31.4 Å². The number of nitrogens with one attached hydrogen (secondary N) is 1. The van der Waals surface area contributed by atoms with Gasteiger partial charge < -0.3 is 10.1 Å². The van der Waals surface area contributed by atoms with E-state index in [-0.39, 0.29) is 0 Å². The fourth-order valence-electron chi connectivity index (χ4n) is 1.90. The maximum atomic E-state index is 5.54. The Morgan fingerprint density at radius 2 is 2.00 bits per heavy atom. The Balaban J connectivity index is 2.55. The molecule has 2 heteroatoms. The number of aryl methyl sites for hydroxylation is 1. The number of rotatable bonds is 8. The Hall–Kier alpha value is -0.860. The van der Waals surface area contributed by atoms with E-state index in [1.807, 2.05) is 6.92 Å². The van der Waals surface area contributed by atoms with E-state index in [0.717, 1.165) is 32.6 Å². The minimum absolute atomic E-state index is 0.427. The highest BCUT2D eigenvalue weighted by Crippen LogP contribution is 2.10. The van der Waals surface area contributed by atoms with Gasteiger partial charge in [0.2, 0.25) is 0 Å². The molecule has 0 spiro atoms. The second kappa shape index (κ2) is 8.26. The average molecular weight is 235 g/mol. The molecule has 0 aliphatic rings. The Labute approximate surface area is 105 Å². The molecule has 0 aliphatic heterocycles. The van der Waals surface area contributed by atoms with Crippen molar-refractivity contribution in [3.05, 3.63) is 35.4 Å². The van der Waals surface area contributed by atoms with Gasteiger partial charge in [-0.1, -0.05) is 31.2 Å². The van der Waals surface area contributed by atoms with E-state index >= 15 is 0 Å². The van der Waals surface area contributed by atoms with Gasteiger partial charge in [-0.2, -0.15) is 0 Å². The summed E-state index contributed by atoms with van der Waals surface area (Å²) in [6.45, 7) is 9.06. The average Bonchev–Trinajstić information content (AvgIpc) is 2.35. The van der Waals surface area contributed by atoms with Crippen LogP contribution in [0.15, 0.2) is 24.3 Å². The Morgan fingerprint density at radius 3 is 2.65 bits per heavy atom. The van der Waals surface area contributed by atoms with Gasteiger partial charge in [0.15, 0.2) is 0 Å². The first-order valence-electron chi connectivity index (χ1n) is 6.63. The van der Waals surface area contributed by atoms with Crippen LogP contribution in [0.2, 0.25) is 0 Å². The highest BCUT2D eigenvalue weighted by Gasteiger charge is 2.09. The molecule has 1 rings (SSSR count). The second-order valence-electron chi connectivity index (χ2n) is 4.44. The Bertz CT molecular complexity index is 304. The predicted octanol–water partition coefficient (Wildman–Crippen LogP) is 2.94. The van der Waals surface area contributed by atoms with E-state index in [4.69, 9.17) is 4.74 Å². The molecular formula is C15H25NO. The summed E-state index contributed by atoms with van der Waals surface area (Å²) >= 11 is 0. The molecule has 0 fully saturated rings. The van der Waals surface area contributed by atoms with Gasteiger partial charge in [-0.05, 0) is 44.4 Å². The SMILES string of the molecule is CCCNC(COCC)Cc1ccccc1C. The molecule has 1 atom stereocenters. The molecular weight excluding hydrogens is 210 g/mol. The first-order chi connectivity index (χ1) is 8.27. The summed E-state index contributed by atoms with van der Waals surface area (Å²) in [6.07, 6.45) is 2.21. The second-order valence-corrected chi connectivity index (χ2v) is 4.44. The van der Waals surface area contributed by atoms with Crippen LogP contribution >= 0.6 is 0 Å². The largest absolute Gasteiger partial charge is 0.380 e. The van der Waals surface area contributed by atoms with Gasteiger partial charge in [-0.3, -0.25) is 0 Å². The van der Waals surface area contributed by atoms with Crippen LogP contribution in [0, 0.1) is 6.92 Å². The van der Waals surface area contributed by atoms with E-state index in [1.54, 1.807) is 0 Å². The van der Waals surface area contributed by atoms with Crippen molar-refractivity contribution in [3.8, 4) is 0 Å². The first kappa shape index (κ1) is 14.2. The molecule has 1 N–H and O–H groups in total. The van der Waals surface area contributed by atoms with Crippen LogP contribution in [0.5, 0.6) is 0 Å². The summed E-state index contributed by atoms with van der Waals surface area (Å²) in [7, 11) is 0. The van der Waals surface area contributed by atoms with Crippen LogP contribution in [0.4, 0.5) is 0 Å². The normalized spacial score (nSPS) is 12.6. The molecule has 0 saturated carbocycles. The van der Waals surface area contributed by atoms with Gasteiger partial charge in [0, 0.05) is 12.6 Å². The molecule has 0 saturated heterocycles. The summed E-state index contributed by atoms with van der Waals surface area (Å²) in [5, 5.41) is 3.55. The lowest BCUT2D eigenvalue weighted by molar-refractivity contribution is 0.122. The number of ether oxygens (including phenoxy) is 1. The third kappa shape index (κ3) is 5.33. The predicted molar refractivity (Wildman–Crippen MR) is 73.5 cm³/mol. The molecule has 0 radical (unpaired) electrons. The van der Waals surface area contributed by atoms with Crippen molar-refractivity contribution in [1.82, 2.24) is 5.32 Å². The minimum atomic E-state index is 0.427. The maximum Gasteiger partial charge on any atom is 0.0622 e. The van der Waals surface area contributed by atoms with Crippen molar-refractivity contribution in [3.63, 3.8) is 0 Å². The van der Waals surface area contributed by atoms with Crippen LogP contribution in [-0.2, 0) is 11.2 Å². The van der Waals surface area contributed by atoms with Crippen molar-refractivity contribution >= 4 is 0 Å². The number of hydrogen-bond acceptors (Lipinski definition) is 2. The number of hydrogen-bond donors (Lipinski definition) is 1. The third-order valence-electron chi connectivity index (χ3n) is 2.93. The Morgan fingerprint density at radius 1 is 1.24 bits per heavy atom. The summed E-state index contributed by atoms with van der Waals surface area (Å²) in [4.78, 5) is 0. The fourth-order valence-corrected chi connectivity index (χ4v) is 1.90. The topological polar surface area (TPSA) is 21.3 Å². The molecule has 0 bridgehead atoms. The number of benzene rings is 1. The highest BCUT2D eigenvalue weighted by atomic mass is 16.5. The molecule has 96 valence electrons. The standard InChI is InChI=1S/C15H25NO/c1-4-10-16-15(12-17-5-2)11-14-9-7-6-8-13(14)3/h6-9,15-16H,4-5,10-12H2,1-3H3. The summed E-state index contributed by atoms with van der Waals surface area (Å²) in [5.41, 5.74) is 2.79. The first-order valence-corrected chi connectivity index (χ1v) is 6.63. The van der Waals surface area contributed by atoms with E-state index in [1.165, 1.54) is 11.1 Å². The van der Waals surface area contributed by atoms with E-state index < -0.39 is 0 Å². The van der Waals surface area contributed by atoms with Gasteiger partial charge in [0.05, 0.1) is 6.61 Å². The minimum Gasteiger partial charge on any atom is -0.380 e. The van der Waals surface area contributed by atoms with E-state index in [2.05, 4.69) is 43.4 Å². The molecule has 2 nitrogen and oxygen atoms in total. The van der Waals surface area contributed by atoms with E-state index in [9.17, 15) is 0 Å². The van der Waals surface area contributed by atoms with Crippen LogP contribution in [0.25, 0.3) is 0 Å². The summed E-state index contributed by atoms with van der Waals surface area (Å²) in [6, 6.07) is 9.01. The summed E-state index contributed by atoms with van der Waals surface area (Å²) < 4.78 is 5.54. The molecule has 0 aromatic heterocycles. The van der Waals surface area contributed by atoms with Gasteiger partial charge in [0.25, 0.3) is 0 Å². The lowest BCUT2D eigenvalue weighted by Gasteiger charge is -2.19. The van der Waals surface area contributed by atoms with Crippen LogP contribution in [0.3, 0.4) is 0 Å². The fraction of sp³-hybridized carbons (Fsp3) is 0.600. The highest BCUT2D eigenvalue weighted by molar-refractivity contribution is 5.26. The summed E-state index contributed by atoms with van der Waals surface area (Å²) in [5.74, 6) is 0. The van der Waals surface area contributed by atoms with Crippen molar-refractivity contribution in [2.24, 2.45) is 0 Å². The zero-order valence-corrected chi connectivity index (χ0v) is 11.3. The van der Waals surface area contributed by atoms with Crippen molar-refractivity contribution < 1.29 is 4.74 Å². The monoisotopic (exact) mass is 235 g/mol. The molecule has 1 aromatic rings.